The molecular weight excluding hydrogens is 178 g/mol. The van der Waals surface area contributed by atoms with Crippen molar-refractivity contribution < 1.29 is 4.79 Å². The van der Waals surface area contributed by atoms with Crippen LogP contribution in [0, 0.1) is 11.8 Å². The average molecular weight is 189 g/mol. The zero-order valence-corrected chi connectivity index (χ0v) is 8.09. The van der Waals surface area contributed by atoms with Crippen LogP contribution in [0.15, 0.2) is 18.3 Å². The zero-order chi connectivity index (χ0) is 10.4. The molecule has 1 rings (SSSR count). The van der Waals surface area contributed by atoms with E-state index in [4.69, 9.17) is 0 Å². The molecule has 1 aromatic heterocycles. The molecule has 0 bridgehead atoms. The molecule has 0 aromatic carbocycles. The molecule has 0 spiro atoms. The summed E-state index contributed by atoms with van der Waals surface area (Å²) in [4.78, 5) is 15.1. The Bertz CT molecular complexity index is 373. The van der Waals surface area contributed by atoms with Gasteiger partial charge in [0, 0.05) is 7.05 Å². The van der Waals surface area contributed by atoms with Crippen LogP contribution in [0.2, 0.25) is 0 Å². The topological polar surface area (TPSA) is 54.0 Å². The second-order valence-corrected chi connectivity index (χ2v) is 2.51. The lowest BCUT2D eigenvalue weighted by Gasteiger charge is -2.01. The lowest BCUT2D eigenvalue weighted by Crippen LogP contribution is -2.08. The van der Waals surface area contributed by atoms with Gasteiger partial charge in [-0.05, 0) is 25.0 Å². The van der Waals surface area contributed by atoms with Crippen molar-refractivity contribution in [2.75, 3.05) is 17.7 Å². The van der Waals surface area contributed by atoms with Gasteiger partial charge in [0.1, 0.15) is 5.82 Å². The smallest absolute Gasteiger partial charge is 0.300 e. The summed E-state index contributed by atoms with van der Waals surface area (Å²) in [6.45, 7) is 1.61. The Hall–Kier alpha value is -2.02. The van der Waals surface area contributed by atoms with Crippen LogP contribution in [-0.4, -0.2) is 17.9 Å². The molecule has 72 valence electrons. The maximum absolute atomic E-state index is 11.0. The Morgan fingerprint density at radius 2 is 2.29 bits per heavy atom. The van der Waals surface area contributed by atoms with Crippen molar-refractivity contribution in [1.82, 2.24) is 4.98 Å². The number of nitrogens with one attached hydrogen (secondary N) is 2. The van der Waals surface area contributed by atoms with Gasteiger partial charge < -0.3 is 10.6 Å². The maximum Gasteiger partial charge on any atom is 0.300 e. The highest BCUT2D eigenvalue weighted by atomic mass is 16.1. The summed E-state index contributed by atoms with van der Waals surface area (Å²) >= 11 is 0. The summed E-state index contributed by atoms with van der Waals surface area (Å²) < 4.78 is 0. The van der Waals surface area contributed by atoms with Crippen LogP contribution in [-0.2, 0) is 4.79 Å². The van der Waals surface area contributed by atoms with E-state index in [1.54, 1.807) is 32.3 Å². The molecule has 1 amide bonds. The summed E-state index contributed by atoms with van der Waals surface area (Å²) in [6, 6.07) is 3.53. The van der Waals surface area contributed by atoms with E-state index in [0.29, 0.717) is 5.69 Å². The van der Waals surface area contributed by atoms with Crippen molar-refractivity contribution in [2.45, 2.75) is 6.92 Å². The standard InChI is InChI=1S/C10H11N3O/c1-3-4-10(14)13-8-5-6-9(11-2)12-7-8/h5-7H,1-2H3,(H,11,12)(H,13,14). The molecular formula is C10H11N3O. The number of pyridine rings is 1. The summed E-state index contributed by atoms with van der Waals surface area (Å²) in [5.41, 5.74) is 0.636. The van der Waals surface area contributed by atoms with Crippen molar-refractivity contribution in [3.05, 3.63) is 18.3 Å². The first kappa shape index (κ1) is 10.1. The van der Waals surface area contributed by atoms with Crippen LogP contribution in [0.3, 0.4) is 0 Å². The predicted molar refractivity (Wildman–Crippen MR) is 55.9 cm³/mol. The normalized spacial score (nSPS) is 8.43. The third-order valence-electron chi connectivity index (χ3n) is 1.52. The number of anilines is 2. The molecule has 0 fully saturated rings. The monoisotopic (exact) mass is 189 g/mol. The number of amides is 1. The van der Waals surface area contributed by atoms with Crippen LogP contribution in [0.1, 0.15) is 6.92 Å². The molecule has 0 aliphatic carbocycles. The van der Waals surface area contributed by atoms with Crippen LogP contribution in [0.4, 0.5) is 11.5 Å². The van der Waals surface area contributed by atoms with Gasteiger partial charge in [0.15, 0.2) is 0 Å². The van der Waals surface area contributed by atoms with E-state index >= 15 is 0 Å². The van der Waals surface area contributed by atoms with Crippen molar-refractivity contribution in [2.24, 2.45) is 0 Å². The fourth-order valence-corrected chi connectivity index (χ4v) is 0.892. The Labute approximate surface area is 82.7 Å². The van der Waals surface area contributed by atoms with Crippen molar-refractivity contribution >= 4 is 17.4 Å². The van der Waals surface area contributed by atoms with Gasteiger partial charge in [0.25, 0.3) is 5.91 Å². The Balaban J connectivity index is 2.67. The number of carbonyl (C=O) groups is 1. The van der Waals surface area contributed by atoms with E-state index < -0.39 is 0 Å². The molecule has 1 heterocycles. The van der Waals surface area contributed by atoms with Crippen LogP contribution < -0.4 is 10.6 Å². The van der Waals surface area contributed by atoms with E-state index in [1.165, 1.54) is 0 Å². The van der Waals surface area contributed by atoms with Crippen LogP contribution in [0.5, 0.6) is 0 Å². The van der Waals surface area contributed by atoms with Gasteiger partial charge >= 0.3 is 0 Å². The van der Waals surface area contributed by atoms with Crippen molar-refractivity contribution in [3.63, 3.8) is 0 Å². The molecule has 0 atom stereocenters. The minimum atomic E-state index is -0.327. The van der Waals surface area contributed by atoms with Crippen molar-refractivity contribution in [1.29, 1.82) is 0 Å². The molecule has 4 nitrogen and oxygen atoms in total. The highest BCUT2D eigenvalue weighted by Gasteiger charge is 1.97. The number of hydrogen-bond acceptors (Lipinski definition) is 3. The molecule has 0 aliphatic rings. The van der Waals surface area contributed by atoms with Crippen molar-refractivity contribution in [3.8, 4) is 11.8 Å². The predicted octanol–water partition coefficient (Wildman–Crippen LogP) is 1.09. The highest BCUT2D eigenvalue weighted by molar-refractivity contribution is 6.03. The minimum Gasteiger partial charge on any atom is -0.373 e. The molecule has 0 radical (unpaired) electrons. The molecule has 0 aliphatic heterocycles. The zero-order valence-electron chi connectivity index (χ0n) is 8.09. The SMILES string of the molecule is CC#CC(=O)Nc1ccc(NC)nc1. The molecule has 0 saturated carbocycles. The maximum atomic E-state index is 11.0. The van der Waals surface area contributed by atoms with E-state index in [0.717, 1.165) is 5.82 Å². The van der Waals surface area contributed by atoms with Crippen LogP contribution in [0.25, 0.3) is 0 Å². The fraction of sp³-hybridized carbons (Fsp3) is 0.200. The highest BCUT2D eigenvalue weighted by Crippen LogP contribution is 2.08. The number of rotatable bonds is 2. The second kappa shape index (κ2) is 4.87. The van der Waals surface area contributed by atoms with Gasteiger partial charge in [-0.3, -0.25) is 4.79 Å². The van der Waals surface area contributed by atoms with Gasteiger partial charge in [0.05, 0.1) is 11.9 Å². The number of nitrogens with zero attached hydrogens (tertiary/aromatic N) is 1. The molecule has 0 unspecified atom stereocenters. The lowest BCUT2D eigenvalue weighted by atomic mass is 10.4. The van der Waals surface area contributed by atoms with Gasteiger partial charge in [0.2, 0.25) is 0 Å². The van der Waals surface area contributed by atoms with Gasteiger partial charge in [-0.15, -0.1) is 0 Å². The molecule has 4 heteroatoms. The lowest BCUT2D eigenvalue weighted by molar-refractivity contribution is -0.111. The Morgan fingerprint density at radius 1 is 1.50 bits per heavy atom. The number of aromatic nitrogens is 1. The molecule has 14 heavy (non-hydrogen) atoms. The summed E-state index contributed by atoms with van der Waals surface area (Å²) in [7, 11) is 1.78. The largest absolute Gasteiger partial charge is 0.373 e. The van der Waals surface area contributed by atoms with E-state index in [1.807, 2.05) is 0 Å². The van der Waals surface area contributed by atoms with E-state index in [9.17, 15) is 4.79 Å². The van der Waals surface area contributed by atoms with Crippen LogP contribution >= 0.6 is 0 Å². The number of carbonyl (C=O) groups excluding carboxylic acids is 1. The Kier molecular flexibility index (Phi) is 3.50. The Morgan fingerprint density at radius 3 is 2.79 bits per heavy atom. The average Bonchev–Trinajstić information content (AvgIpc) is 2.19. The third-order valence-corrected chi connectivity index (χ3v) is 1.52. The van der Waals surface area contributed by atoms with E-state index in [2.05, 4.69) is 27.5 Å². The molecule has 0 saturated heterocycles. The first-order valence-electron chi connectivity index (χ1n) is 4.14. The van der Waals surface area contributed by atoms with Gasteiger partial charge in [-0.2, -0.15) is 0 Å². The summed E-state index contributed by atoms with van der Waals surface area (Å²) in [6.07, 6.45) is 1.57. The minimum absolute atomic E-state index is 0.327. The first-order chi connectivity index (χ1) is 6.76. The third kappa shape index (κ3) is 2.79. The summed E-state index contributed by atoms with van der Waals surface area (Å²) in [5, 5.41) is 5.47. The fourth-order valence-electron chi connectivity index (χ4n) is 0.892. The quantitative estimate of drug-likeness (QED) is 0.684. The second-order valence-electron chi connectivity index (χ2n) is 2.51. The number of hydrogen-bond donors (Lipinski definition) is 2. The van der Waals surface area contributed by atoms with Gasteiger partial charge in [-0.1, -0.05) is 5.92 Å². The summed E-state index contributed by atoms with van der Waals surface area (Å²) in [5.74, 6) is 5.32. The molecule has 2 N–H and O–H groups in total. The molecule has 1 aromatic rings. The van der Waals surface area contributed by atoms with Gasteiger partial charge in [-0.25, -0.2) is 4.98 Å². The first-order valence-corrected chi connectivity index (χ1v) is 4.14. The van der Waals surface area contributed by atoms with E-state index in [-0.39, 0.29) is 5.91 Å².